The second-order valence-electron chi connectivity index (χ2n) is 4.35. The van der Waals surface area contributed by atoms with E-state index in [-0.39, 0.29) is 5.91 Å². The van der Waals surface area contributed by atoms with Crippen molar-refractivity contribution in [2.45, 2.75) is 38.5 Å². The first-order chi connectivity index (χ1) is 7.28. The number of hydrogen-bond acceptors (Lipinski definition) is 3. The molecule has 4 heteroatoms. The van der Waals surface area contributed by atoms with Crippen LogP contribution in [-0.2, 0) is 9.63 Å². The van der Waals surface area contributed by atoms with Gasteiger partial charge in [0.05, 0.1) is 19.2 Å². The fourth-order valence-electron chi connectivity index (χ4n) is 2.38. The van der Waals surface area contributed by atoms with Gasteiger partial charge in [0.15, 0.2) is 0 Å². The molecular weight excluding hydrogens is 192 g/mol. The number of nitrogens with zero attached hydrogens (tertiary/aromatic N) is 2. The molecule has 1 aliphatic heterocycles. The van der Waals surface area contributed by atoms with Gasteiger partial charge in [0.25, 0.3) is 5.91 Å². The highest BCUT2D eigenvalue weighted by atomic mass is 16.7. The first-order valence-corrected chi connectivity index (χ1v) is 5.65. The molecule has 0 N–H and O–H groups in total. The second-order valence-corrected chi connectivity index (χ2v) is 4.35. The highest BCUT2D eigenvalue weighted by Gasteiger charge is 2.43. The van der Waals surface area contributed by atoms with Crippen LogP contribution in [0.15, 0.2) is 0 Å². The largest absolute Gasteiger partial charge is 0.271 e. The highest BCUT2D eigenvalue weighted by molar-refractivity contribution is 5.84. The van der Waals surface area contributed by atoms with Gasteiger partial charge in [0.1, 0.15) is 5.41 Å². The quantitative estimate of drug-likeness (QED) is 0.658. The summed E-state index contributed by atoms with van der Waals surface area (Å²) in [7, 11) is 0. The monoisotopic (exact) mass is 208 g/mol. The normalized spacial score (nSPS) is 24.9. The van der Waals surface area contributed by atoms with Crippen LogP contribution in [0.2, 0.25) is 0 Å². The molecule has 1 saturated heterocycles. The minimum absolute atomic E-state index is 0.109. The summed E-state index contributed by atoms with van der Waals surface area (Å²) >= 11 is 0. The fourth-order valence-corrected chi connectivity index (χ4v) is 2.38. The Morgan fingerprint density at radius 1 is 1.27 bits per heavy atom. The summed E-state index contributed by atoms with van der Waals surface area (Å²) in [6, 6.07) is 2.22. The summed E-state index contributed by atoms with van der Waals surface area (Å²) < 4.78 is 0. The van der Waals surface area contributed by atoms with Crippen LogP contribution in [0, 0.1) is 16.7 Å². The molecule has 0 radical (unpaired) electrons. The predicted octanol–water partition coefficient (Wildman–Crippen LogP) is 1.62. The summed E-state index contributed by atoms with van der Waals surface area (Å²) in [4.78, 5) is 17.4. The summed E-state index contributed by atoms with van der Waals surface area (Å²) in [5, 5.41) is 10.6. The maximum absolute atomic E-state index is 12.1. The zero-order valence-corrected chi connectivity index (χ0v) is 8.87. The molecule has 0 spiro atoms. The number of hydrogen-bond donors (Lipinski definition) is 0. The van der Waals surface area contributed by atoms with Crippen molar-refractivity contribution in [3.8, 4) is 6.07 Å². The number of hydroxylamine groups is 2. The van der Waals surface area contributed by atoms with Crippen molar-refractivity contribution in [1.82, 2.24) is 5.06 Å². The lowest BCUT2D eigenvalue weighted by Crippen LogP contribution is -2.42. The molecule has 0 aromatic heterocycles. The molecule has 82 valence electrons. The maximum Gasteiger partial charge on any atom is 0.266 e. The van der Waals surface area contributed by atoms with Crippen LogP contribution in [-0.4, -0.2) is 24.1 Å². The molecule has 0 aromatic carbocycles. The van der Waals surface area contributed by atoms with Gasteiger partial charge in [-0.15, -0.1) is 0 Å². The Hall–Kier alpha value is -1.08. The van der Waals surface area contributed by atoms with Crippen molar-refractivity contribution in [3.05, 3.63) is 0 Å². The van der Waals surface area contributed by atoms with E-state index in [9.17, 15) is 10.1 Å². The van der Waals surface area contributed by atoms with E-state index in [1.54, 1.807) is 0 Å². The lowest BCUT2D eigenvalue weighted by Gasteiger charge is -2.31. The van der Waals surface area contributed by atoms with E-state index >= 15 is 0 Å². The van der Waals surface area contributed by atoms with E-state index in [4.69, 9.17) is 4.84 Å². The van der Waals surface area contributed by atoms with Crippen LogP contribution >= 0.6 is 0 Å². The molecule has 15 heavy (non-hydrogen) atoms. The Labute approximate surface area is 89.8 Å². The molecule has 1 amide bonds. The van der Waals surface area contributed by atoms with Crippen LogP contribution < -0.4 is 0 Å². The first kappa shape index (κ1) is 10.4. The zero-order valence-electron chi connectivity index (χ0n) is 8.87. The molecule has 1 saturated carbocycles. The Morgan fingerprint density at radius 3 is 2.53 bits per heavy atom. The van der Waals surface area contributed by atoms with Crippen molar-refractivity contribution in [2.75, 3.05) is 13.2 Å². The van der Waals surface area contributed by atoms with E-state index in [1.165, 1.54) is 5.06 Å². The Morgan fingerprint density at radius 2 is 2.00 bits per heavy atom. The summed E-state index contributed by atoms with van der Waals surface area (Å²) in [6.45, 7) is 1.25. The minimum atomic E-state index is -0.789. The average Bonchev–Trinajstić information content (AvgIpc) is 2.82. The number of rotatable bonds is 1. The third kappa shape index (κ3) is 1.84. The third-order valence-electron chi connectivity index (χ3n) is 3.31. The van der Waals surface area contributed by atoms with Crippen LogP contribution in [0.5, 0.6) is 0 Å². The van der Waals surface area contributed by atoms with Crippen LogP contribution in [0.1, 0.15) is 38.5 Å². The van der Waals surface area contributed by atoms with Gasteiger partial charge in [-0.25, -0.2) is 5.06 Å². The predicted molar refractivity (Wildman–Crippen MR) is 53.4 cm³/mol. The number of carbonyl (C=O) groups excluding carboxylic acids is 1. The van der Waals surface area contributed by atoms with Gasteiger partial charge in [-0.05, 0) is 19.3 Å². The van der Waals surface area contributed by atoms with Crippen LogP contribution in [0.25, 0.3) is 0 Å². The van der Waals surface area contributed by atoms with Crippen molar-refractivity contribution in [3.63, 3.8) is 0 Å². The summed E-state index contributed by atoms with van der Waals surface area (Å²) in [5.74, 6) is -0.109. The van der Waals surface area contributed by atoms with Gasteiger partial charge in [-0.3, -0.25) is 9.63 Å². The standard InChI is InChI=1S/C11H16N2O2/c12-9-11(5-2-1-3-6-11)10(14)13-7-4-8-15-13/h1-8H2. The van der Waals surface area contributed by atoms with E-state index < -0.39 is 5.41 Å². The molecule has 2 fully saturated rings. The molecule has 0 unspecified atom stereocenters. The van der Waals surface area contributed by atoms with Crippen molar-refractivity contribution >= 4 is 5.91 Å². The SMILES string of the molecule is N#CC1(C(=O)N2CCCO2)CCCCC1. The van der Waals surface area contributed by atoms with Gasteiger partial charge >= 0.3 is 0 Å². The number of amides is 1. The zero-order chi connectivity index (χ0) is 10.7. The molecule has 0 aromatic rings. The molecular formula is C11H16N2O2. The Kier molecular flexibility index (Phi) is 2.92. The van der Waals surface area contributed by atoms with Crippen LogP contribution in [0.4, 0.5) is 0 Å². The average molecular weight is 208 g/mol. The first-order valence-electron chi connectivity index (χ1n) is 5.65. The fraction of sp³-hybridized carbons (Fsp3) is 0.818. The smallest absolute Gasteiger partial charge is 0.266 e. The lowest BCUT2D eigenvalue weighted by molar-refractivity contribution is -0.178. The molecule has 4 nitrogen and oxygen atoms in total. The molecule has 2 aliphatic rings. The maximum atomic E-state index is 12.1. The molecule has 0 bridgehead atoms. The summed E-state index contributed by atoms with van der Waals surface area (Å²) in [6.07, 6.45) is 5.37. The molecule has 1 aliphatic carbocycles. The Bertz CT molecular complexity index is 283. The third-order valence-corrected chi connectivity index (χ3v) is 3.31. The number of carbonyl (C=O) groups is 1. The Balaban J connectivity index is 2.11. The van der Waals surface area contributed by atoms with Crippen molar-refractivity contribution in [1.29, 1.82) is 5.26 Å². The van der Waals surface area contributed by atoms with E-state index in [0.717, 1.165) is 25.7 Å². The number of nitriles is 1. The van der Waals surface area contributed by atoms with Crippen molar-refractivity contribution < 1.29 is 9.63 Å². The minimum Gasteiger partial charge on any atom is -0.271 e. The summed E-state index contributed by atoms with van der Waals surface area (Å²) in [5.41, 5.74) is -0.789. The highest BCUT2D eigenvalue weighted by Crippen LogP contribution is 2.37. The molecule has 2 rings (SSSR count). The van der Waals surface area contributed by atoms with Crippen molar-refractivity contribution in [2.24, 2.45) is 5.41 Å². The van der Waals surface area contributed by atoms with Gasteiger partial charge in [-0.1, -0.05) is 19.3 Å². The van der Waals surface area contributed by atoms with E-state index in [0.29, 0.717) is 26.0 Å². The lowest BCUT2D eigenvalue weighted by atomic mass is 9.74. The topological polar surface area (TPSA) is 53.3 Å². The van der Waals surface area contributed by atoms with E-state index in [1.807, 2.05) is 0 Å². The van der Waals surface area contributed by atoms with E-state index in [2.05, 4.69) is 6.07 Å². The second kappa shape index (κ2) is 4.19. The van der Waals surface area contributed by atoms with Crippen LogP contribution in [0.3, 0.4) is 0 Å². The molecule has 0 atom stereocenters. The van der Waals surface area contributed by atoms with Gasteiger partial charge in [0, 0.05) is 0 Å². The van der Waals surface area contributed by atoms with Gasteiger partial charge < -0.3 is 0 Å². The van der Waals surface area contributed by atoms with Gasteiger partial charge in [-0.2, -0.15) is 5.26 Å². The molecule has 1 heterocycles. The van der Waals surface area contributed by atoms with Gasteiger partial charge in [0.2, 0.25) is 0 Å².